The number of alkyl halides is 12. The predicted molar refractivity (Wildman–Crippen MR) is 41.6 cm³/mol. The third-order valence-corrected chi connectivity index (χ3v) is 1.63. The Kier molecular flexibility index (Phi) is 6.03. The molecule has 0 bridgehead atoms. The molecule has 1 unspecified atom stereocenters. The Bertz CT molecular complexity index is 459. The van der Waals surface area contributed by atoms with E-state index in [1.807, 2.05) is 4.74 Å². The van der Waals surface area contributed by atoms with E-state index in [1.54, 1.807) is 9.47 Å². The van der Waals surface area contributed by atoms with Gasteiger partial charge in [0, 0.05) is 0 Å². The number of hydrogen-bond acceptors (Lipinski definition) is 4. The maximum absolute atomic E-state index is 12.7. The fourth-order valence-corrected chi connectivity index (χ4v) is 0.844. The van der Waals surface area contributed by atoms with Gasteiger partial charge in [0.1, 0.15) is 0 Å². The van der Waals surface area contributed by atoms with E-state index in [4.69, 9.17) is 5.11 Å². The second-order valence-corrected chi connectivity index (χ2v) is 3.53. The minimum Gasteiger partial charge on any atom is -0.477 e. The monoisotopic (exact) mass is 394 g/mol. The molecule has 0 aliphatic carbocycles. The van der Waals surface area contributed by atoms with Gasteiger partial charge in [0.05, 0.1) is 0 Å². The second kappa shape index (κ2) is 6.43. The molecule has 0 heterocycles. The number of rotatable bonds is 8. The van der Waals surface area contributed by atoms with Gasteiger partial charge in [-0.3, -0.25) is 0 Å². The highest BCUT2D eigenvalue weighted by Crippen LogP contribution is 2.41. The van der Waals surface area contributed by atoms with Crippen molar-refractivity contribution in [1.82, 2.24) is 0 Å². The van der Waals surface area contributed by atoms with Crippen molar-refractivity contribution in [2.75, 3.05) is 0 Å². The van der Waals surface area contributed by atoms with E-state index in [0.29, 0.717) is 0 Å². The van der Waals surface area contributed by atoms with Gasteiger partial charge in [-0.15, -0.1) is 30.7 Å². The molecule has 0 aliphatic heterocycles. The lowest BCUT2D eigenvalue weighted by molar-refractivity contribution is -0.586. The van der Waals surface area contributed by atoms with Crippen LogP contribution in [0.15, 0.2) is 0 Å². The molecule has 0 aromatic heterocycles. The summed E-state index contributed by atoms with van der Waals surface area (Å²) in [5, 5.41) is 7.72. The van der Waals surface area contributed by atoms with Crippen molar-refractivity contribution in [2.45, 2.75) is 37.2 Å². The first kappa shape index (κ1) is 22.5. The van der Waals surface area contributed by atoms with Crippen LogP contribution >= 0.6 is 0 Å². The average molecular weight is 394 g/mol. The van der Waals surface area contributed by atoms with E-state index in [-0.39, 0.29) is 0 Å². The van der Waals surface area contributed by atoms with Crippen LogP contribution in [0, 0.1) is 0 Å². The number of carbonyl (C=O) groups is 1. The van der Waals surface area contributed by atoms with Gasteiger partial charge in [-0.25, -0.2) is 18.7 Å². The summed E-state index contributed by atoms with van der Waals surface area (Å²) in [7, 11) is 0. The van der Waals surface area contributed by atoms with Gasteiger partial charge in [0.2, 0.25) is 0 Å². The van der Waals surface area contributed by atoms with E-state index in [2.05, 4.69) is 0 Å². The quantitative estimate of drug-likeness (QED) is 0.506. The zero-order chi connectivity index (χ0) is 19.8. The minimum absolute atomic E-state index is 1.65. The van der Waals surface area contributed by atoms with Gasteiger partial charge in [0.25, 0.3) is 6.17 Å². The van der Waals surface area contributed by atoms with Gasteiger partial charge >= 0.3 is 37.0 Å². The Labute approximate surface area is 121 Å². The maximum atomic E-state index is 12.7. The molecule has 0 radical (unpaired) electrons. The molecule has 24 heavy (non-hydrogen) atoms. The molecule has 0 rings (SSSR count). The molecule has 5 nitrogen and oxygen atoms in total. The van der Waals surface area contributed by atoms with E-state index >= 15 is 0 Å². The summed E-state index contributed by atoms with van der Waals surface area (Å²) in [6, 6.07) is 0. The Morgan fingerprint density at radius 3 is 1.46 bits per heavy atom. The molecule has 1 atom stereocenters. The average Bonchev–Trinajstić information content (AvgIpc) is 2.20. The van der Waals surface area contributed by atoms with E-state index in [1.165, 1.54) is 0 Å². The molecule has 0 fully saturated rings. The molecule has 0 aliphatic rings. The van der Waals surface area contributed by atoms with Crippen LogP contribution in [0.4, 0.5) is 52.7 Å². The zero-order valence-corrected chi connectivity index (χ0v) is 10.2. The van der Waals surface area contributed by atoms with Crippen LogP contribution in [0.25, 0.3) is 0 Å². The molecule has 144 valence electrons. The molecule has 0 saturated carbocycles. The number of ether oxygens (including phenoxy) is 3. The number of carboxylic acids is 1. The summed E-state index contributed by atoms with van der Waals surface area (Å²) in [5.41, 5.74) is 0. The fraction of sp³-hybridized carbons (Fsp3) is 0.857. The van der Waals surface area contributed by atoms with Crippen molar-refractivity contribution >= 4 is 5.97 Å². The Morgan fingerprint density at radius 2 is 1.12 bits per heavy atom. The highest BCUT2D eigenvalue weighted by atomic mass is 19.4. The third-order valence-electron chi connectivity index (χ3n) is 1.63. The van der Waals surface area contributed by atoms with Gasteiger partial charge < -0.3 is 5.11 Å². The third kappa shape index (κ3) is 6.56. The van der Waals surface area contributed by atoms with Crippen LogP contribution in [-0.4, -0.2) is 48.2 Å². The predicted octanol–water partition coefficient (Wildman–Crippen LogP) is 3.31. The molecule has 0 aromatic rings. The highest BCUT2D eigenvalue weighted by Gasteiger charge is 2.66. The number of hydrogen-bond donors (Lipinski definition) is 1. The molecule has 0 saturated heterocycles. The van der Waals surface area contributed by atoms with Crippen LogP contribution in [0.3, 0.4) is 0 Å². The summed E-state index contributed by atoms with van der Waals surface area (Å²) in [5.74, 6) is -9.61. The fourth-order valence-electron chi connectivity index (χ4n) is 0.844. The van der Waals surface area contributed by atoms with E-state index < -0.39 is 43.1 Å². The largest absolute Gasteiger partial charge is 0.529 e. The van der Waals surface area contributed by atoms with Crippen molar-refractivity contribution in [3.05, 3.63) is 0 Å². The van der Waals surface area contributed by atoms with Gasteiger partial charge in [-0.2, -0.15) is 22.3 Å². The SMILES string of the molecule is O=C(O)C(F)(F)C(F)C(F)(F)OC(F)(F)OC(F)(F)OC(F)(F)F. The topological polar surface area (TPSA) is 65.0 Å². The van der Waals surface area contributed by atoms with Gasteiger partial charge in [-0.1, -0.05) is 0 Å². The number of aliphatic carboxylic acids is 1. The smallest absolute Gasteiger partial charge is 0.477 e. The summed E-state index contributed by atoms with van der Waals surface area (Å²) in [6.07, 6.45) is -31.0. The first-order valence-corrected chi connectivity index (χ1v) is 4.78. The van der Waals surface area contributed by atoms with Crippen LogP contribution in [0.2, 0.25) is 0 Å². The highest BCUT2D eigenvalue weighted by molar-refractivity contribution is 5.76. The van der Waals surface area contributed by atoms with Crippen LogP contribution in [0.1, 0.15) is 0 Å². The van der Waals surface area contributed by atoms with Crippen molar-refractivity contribution in [2.24, 2.45) is 0 Å². The normalized spacial score (nSPS) is 16.2. The van der Waals surface area contributed by atoms with Crippen molar-refractivity contribution in [3.8, 4) is 0 Å². The van der Waals surface area contributed by atoms with Crippen LogP contribution in [0.5, 0.6) is 0 Å². The van der Waals surface area contributed by atoms with Crippen molar-refractivity contribution in [1.29, 1.82) is 0 Å². The molecule has 17 heteroatoms. The number of halogens is 12. The summed E-state index contributed by atoms with van der Waals surface area (Å²) < 4.78 is 152. The minimum atomic E-state index is -6.52. The van der Waals surface area contributed by atoms with Gasteiger partial charge in [0.15, 0.2) is 0 Å². The molecule has 1 N–H and O–H groups in total. The van der Waals surface area contributed by atoms with Gasteiger partial charge in [-0.05, 0) is 0 Å². The lowest BCUT2D eigenvalue weighted by atomic mass is 10.2. The second-order valence-electron chi connectivity index (χ2n) is 3.53. The Balaban J connectivity index is 5.23. The summed E-state index contributed by atoms with van der Waals surface area (Å²) in [6.45, 7) is 0. The Morgan fingerprint density at radius 1 is 0.750 bits per heavy atom. The molecule has 0 aromatic carbocycles. The molecule has 0 amide bonds. The first-order chi connectivity index (χ1) is 10.2. The molecular formula is C7H2F12O5. The zero-order valence-electron chi connectivity index (χ0n) is 10.2. The Hall–Kier alpha value is -1.49. The molecular weight excluding hydrogens is 392 g/mol. The lowest BCUT2D eigenvalue weighted by Crippen LogP contribution is -2.54. The van der Waals surface area contributed by atoms with Crippen LogP contribution in [-0.2, 0) is 19.0 Å². The molecule has 0 spiro atoms. The number of carboxylic acid groups (broad SMARTS) is 1. The maximum Gasteiger partial charge on any atom is 0.529 e. The van der Waals surface area contributed by atoms with Crippen molar-refractivity contribution in [3.63, 3.8) is 0 Å². The lowest BCUT2D eigenvalue weighted by Gasteiger charge is -2.29. The van der Waals surface area contributed by atoms with Crippen LogP contribution < -0.4 is 0 Å². The summed E-state index contributed by atoms with van der Waals surface area (Å²) in [4.78, 5) is 9.80. The van der Waals surface area contributed by atoms with E-state index in [9.17, 15) is 57.5 Å². The van der Waals surface area contributed by atoms with Crippen molar-refractivity contribution < 1.29 is 76.8 Å². The summed E-state index contributed by atoms with van der Waals surface area (Å²) >= 11 is 0. The first-order valence-electron chi connectivity index (χ1n) is 4.78. The van der Waals surface area contributed by atoms with E-state index in [0.717, 1.165) is 0 Å². The standard InChI is InChI=1S/C7H2F12O5/c8-1(3(9,10)2(20)21)4(11,12)22-6(16,17)24-7(18,19)23-5(13,14)15/h1H,(H,20,21).